The van der Waals surface area contributed by atoms with Gasteiger partial charge in [-0.1, -0.05) is 17.7 Å². The van der Waals surface area contributed by atoms with Crippen LogP contribution in [0.4, 0.5) is 27.6 Å². The molecule has 0 spiro atoms. The third-order valence-corrected chi connectivity index (χ3v) is 5.43. The molecule has 8 nitrogen and oxygen atoms in total. The lowest BCUT2D eigenvalue weighted by atomic mass is 10.1. The van der Waals surface area contributed by atoms with Gasteiger partial charge in [0.25, 0.3) is 5.91 Å². The molecule has 1 aliphatic heterocycles. The summed E-state index contributed by atoms with van der Waals surface area (Å²) in [6.45, 7) is 1.02. The first-order valence-electron chi connectivity index (χ1n) is 10.1. The van der Waals surface area contributed by atoms with Gasteiger partial charge in [-0.05, 0) is 25.1 Å². The van der Waals surface area contributed by atoms with Crippen LogP contribution in [0.1, 0.15) is 23.1 Å². The maximum atomic E-state index is 15.1. The lowest BCUT2D eigenvalue weighted by Gasteiger charge is -2.20. The van der Waals surface area contributed by atoms with Crippen LogP contribution in [0, 0.1) is 11.6 Å². The molecule has 0 saturated heterocycles. The largest absolute Gasteiger partial charge is 0.480 e. The Morgan fingerprint density at radius 3 is 2.66 bits per heavy atom. The van der Waals surface area contributed by atoms with Gasteiger partial charge in [0.2, 0.25) is 0 Å². The third-order valence-electron chi connectivity index (χ3n) is 5.12. The molecule has 14 heteroatoms. The number of para-hydroxylation sites is 1. The molecule has 2 aromatic carbocycles. The van der Waals surface area contributed by atoms with Crippen molar-refractivity contribution in [2.45, 2.75) is 32.4 Å². The van der Waals surface area contributed by atoms with Crippen LogP contribution < -0.4 is 15.7 Å². The number of ether oxygens (including phenoxy) is 2. The summed E-state index contributed by atoms with van der Waals surface area (Å²) >= 11 is 5.88. The van der Waals surface area contributed by atoms with E-state index in [2.05, 4.69) is 10.4 Å². The topological polar surface area (TPSA) is 87.4 Å². The van der Waals surface area contributed by atoms with Crippen molar-refractivity contribution in [1.29, 1.82) is 0 Å². The second-order valence-corrected chi connectivity index (χ2v) is 7.87. The maximum absolute atomic E-state index is 15.1. The van der Waals surface area contributed by atoms with E-state index in [-0.39, 0.29) is 30.6 Å². The monoisotopic (exact) mass is 518 g/mol. The molecular weight excluding hydrogens is 503 g/mol. The molecule has 186 valence electrons. The van der Waals surface area contributed by atoms with Crippen LogP contribution >= 0.6 is 11.6 Å². The first-order valence-corrected chi connectivity index (χ1v) is 10.4. The molecule has 0 saturated carbocycles. The average Bonchev–Trinajstić information content (AvgIpc) is 3.13. The zero-order valence-corrected chi connectivity index (χ0v) is 18.6. The van der Waals surface area contributed by atoms with E-state index in [0.29, 0.717) is 17.7 Å². The van der Waals surface area contributed by atoms with Crippen molar-refractivity contribution in [3.05, 3.63) is 68.9 Å². The number of fused-ring (bicyclic) bond motifs is 1. The quantitative estimate of drug-likeness (QED) is 0.514. The number of hydrogen-bond donors (Lipinski definition) is 1. The Morgan fingerprint density at radius 1 is 1.26 bits per heavy atom. The van der Waals surface area contributed by atoms with Crippen LogP contribution in [-0.2, 0) is 17.9 Å². The highest BCUT2D eigenvalue weighted by molar-refractivity contribution is 6.34. The van der Waals surface area contributed by atoms with Gasteiger partial charge in [-0.25, -0.2) is 13.6 Å². The van der Waals surface area contributed by atoms with Gasteiger partial charge in [0, 0.05) is 6.07 Å². The van der Waals surface area contributed by atoms with E-state index in [1.54, 1.807) is 0 Å². The molecule has 0 aliphatic carbocycles. The predicted octanol–water partition coefficient (Wildman–Crippen LogP) is 4.08. The number of hydrogen-bond acceptors (Lipinski definition) is 5. The molecule has 1 aromatic heterocycles. The zero-order chi connectivity index (χ0) is 25.5. The minimum atomic E-state index is -4.83. The Morgan fingerprint density at radius 2 is 2.00 bits per heavy atom. The van der Waals surface area contributed by atoms with Gasteiger partial charge in [0.1, 0.15) is 29.7 Å². The number of anilines is 1. The summed E-state index contributed by atoms with van der Waals surface area (Å²) in [5.74, 6) is -3.82. The SMILES string of the molecule is C[C@H](Oc1cc(-n2nc3n(c2=O)CCOC3)c(F)cc1C(=O)Nc1c(F)cccc1Cl)C(F)(F)F. The van der Waals surface area contributed by atoms with Crippen molar-refractivity contribution in [3.63, 3.8) is 0 Å². The van der Waals surface area contributed by atoms with E-state index in [0.717, 1.165) is 12.1 Å². The molecule has 2 heterocycles. The molecular formula is C21H16ClF5N4O4. The van der Waals surface area contributed by atoms with E-state index in [9.17, 15) is 27.2 Å². The predicted molar refractivity (Wildman–Crippen MR) is 113 cm³/mol. The minimum Gasteiger partial charge on any atom is -0.480 e. The Hall–Kier alpha value is -3.45. The Balaban J connectivity index is 1.81. The van der Waals surface area contributed by atoms with E-state index in [4.69, 9.17) is 21.1 Å². The van der Waals surface area contributed by atoms with E-state index >= 15 is 4.39 Å². The zero-order valence-electron chi connectivity index (χ0n) is 17.8. The van der Waals surface area contributed by atoms with Crippen molar-refractivity contribution in [3.8, 4) is 11.4 Å². The van der Waals surface area contributed by atoms with Gasteiger partial charge in [-0.3, -0.25) is 9.36 Å². The molecule has 0 fully saturated rings. The fourth-order valence-electron chi connectivity index (χ4n) is 3.28. The standard InChI is InChI=1S/C21H16ClF5N4O4/c1-10(21(25,26)27)35-16-8-15(31-20(33)30-5-6-34-9-17(30)29-31)14(24)7-11(16)19(32)28-18-12(22)3-2-4-13(18)23/h2-4,7-8,10H,5-6,9H2,1H3,(H,28,32)/t10-/m0/s1. The molecule has 4 rings (SSSR count). The molecule has 1 amide bonds. The van der Waals surface area contributed by atoms with E-state index < -0.39 is 58.2 Å². The van der Waals surface area contributed by atoms with Crippen molar-refractivity contribution >= 4 is 23.2 Å². The van der Waals surface area contributed by atoms with Crippen LogP contribution in [0.3, 0.4) is 0 Å². The molecule has 1 aliphatic rings. The summed E-state index contributed by atoms with van der Waals surface area (Å²) in [6, 6.07) is 4.85. The highest BCUT2D eigenvalue weighted by Gasteiger charge is 2.39. The molecule has 35 heavy (non-hydrogen) atoms. The number of amides is 1. The molecule has 0 radical (unpaired) electrons. The van der Waals surface area contributed by atoms with Gasteiger partial charge in [0.15, 0.2) is 11.9 Å². The van der Waals surface area contributed by atoms with Crippen LogP contribution in [0.2, 0.25) is 5.02 Å². The number of nitrogens with zero attached hydrogens (tertiary/aromatic N) is 3. The number of alkyl halides is 3. The molecule has 3 aromatic rings. The summed E-state index contributed by atoms with van der Waals surface area (Å²) in [5.41, 5.74) is -2.47. The van der Waals surface area contributed by atoms with Crippen LogP contribution in [-0.4, -0.2) is 39.1 Å². The number of halogens is 6. The van der Waals surface area contributed by atoms with Crippen LogP contribution in [0.25, 0.3) is 5.69 Å². The van der Waals surface area contributed by atoms with Crippen molar-refractivity contribution in [2.24, 2.45) is 0 Å². The first-order chi connectivity index (χ1) is 16.5. The lowest BCUT2D eigenvalue weighted by Crippen LogP contribution is -2.32. The second-order valence-electron chi connectivity index (χ2n) is 7.47. The van der Waals surface area contributed by atoms with Gasteiger partial charge in [-0.2, -0.15) is 17.9 Å². The van der Waals surface area contributed by atoms with Crippen molar-refractivity contribution in [1.82, 2.24) is 14.3 Å². The second kappa shape index (κ2) is 9.30. The number of rotatable bonds is 5. The average molecular weight is 519 g/mol. The minimum absolute atomic E-state index is 0.0256. The van der Waals surface area contributed by atoms with Gasteiger partial charge < -0.3 is 14.8 Å². The van der Waals surface area contributed by atoms with Crippen molar-refractivity contribution < 1.29 is 36.2 Å². The number of aromatic nitrogens is 3. The van der Waals surface area contributed by atoms with Crippen molar-refractivity contribution in [2.75, 3.05) is 11.9 Å². The fourth-order valence-corrected chi connectivity index (χ4v) is 3.49. The highest BCUT2D eigenvalue weighted by atomic mass is 35.5. The van der Waals surface area contributed by atoms with Crippen LogP contribution in [0.5, 0.6) is 5.75 Å². The Bertz CT molecular complexity index is 1330. The van der Waals surface area contributed by atoms with Crippen LogP contribution in [0.15, 0.2) is 35.1 Å². The first kappa shape index (κ1) is 24.7. The van der Waals surface area contributed by atoms with Gasteiger partial charge in [-0.15, -0.1) is 5.10 Å². The maximum Gasteiger partial charge on any atom is 0.425 e. The number of benzene rings is 2. The summed E-state index contributed by atoms with van der Waals surface area (Å²) in [4.78, 5) is 25.5. The number of carbonyl (C=O) groups is 1. The summed E-state index contributed by atoms with van der Waals surface area (Å²) in [5, 5.41) is 5.88. The molecule has 0 bridgehead atoms. The fraction of sp³-hybridized carbons (Fsp3) is 0.286. The normalized spacial score (nSPS) is 14.4. The number of nitrogens with one attached hydrogen (secondary N) is 1. The van der Waals surface area contributed by atoms with E-state index in [1.165, 1.54) is 16.7 Å². The summed E-state index contributed by atoms with van der Waals surface area (Å²) in [6.07, 6.45) is -7.25. The summed E-state index contributed by atoms with van der Waals surface area (Å²) in [7, 11) is 0. The number of carbonyl (C=O) groups excluding carboxylic acids is 1. The third kappa shape index (κ3) is 4.86. The molecule has 0 unspecified atom stereocenters. The summed E-state index contributed by atoms with van der Waals surface area (Å²) < 4.78 is 80.8. The highest BCUT2D eigenvalue weighted by Crippen LogP contribution is 2.32. The Labute approximate surface area is 198 Å². The smallest absolute Gasteiger partial charge is 0.425 e. The lowest BCUT2D eigenvalue weighted by molar-refractivity contribution is -0.189. The van der Waals surface area contributed by atoms with Gasteiger partial charge >= 0.3 is 11.9 Å². The van der Waals surface area contributed by atoms with Gasteiger partial charge in [0.05, 0.1) is 29.4 Å². The molecule has 1 N–H and O–H groups in total. The van der Waals surface area contributed by atoms with E-state index in [1.807, 2.05) is 0 Å². The Kier molecular flexibility index (Phi) is 6.56. The molecule has 1 atom stereocenters.